The first-order chi connectivity index (χ1) is 24.1. The van der Waals surface area contributed by atoms with Gasteiger partial charge in [-0.05, 0) is 89.5 Å². The van der Waals surface area contributed by atoms with Crippen LogP contribution in [0.4, 0.5) is 0 Å². The van der Waals surface area contributed by atoms with Crippen LogP contribution in [0.1, 0.15) is 194 Å². The molecular weight excluding hydrogens is 604 g/mol. The van der Waals surface area contributed by atoms with Crippen LogP contribution in [-0.4, -0.2) is 23.1 Å². The van der Waals surface area contributed by atoms with Crippen LogP contribution >= 0.6 is 0 Å². The number of unbranched alkanes of at least 4 members (excludes halogenated alkanes) is 17. The highest BCUT2D eigenvalue weighted by molar-refractivity contribution is 5.69. The largest absolute Gasteiger partial charge is 0.481 e. The minimum absolute atomic E-state index is 0.0859. The molecule has 1 unspecified atom stereocenters. The van der Waals surface area contributed by atoms with E-state index in [9.17, 15) is 9.59 Å². The second-order valence-electron chi connectivity index (χ2n) is 13.4. The minimum atomic E-state index is -0.729. The number of ether oxygens (including phenoxy) is 1. The van der Waals surface area contributed by atoms with Crippen LogP contribution in [-0.2, 0) is 14.3 Å². The van der Waals surface area contributed by atoms with E-state index in [-0.39, 0.29) is 18.5 Å². The van der Waals surface area contributed by atoms with E-state index < -0.39 is 5.97 Å². The highest BCUT2D eigenvalue weighted by Crippen LogP contribution is 2.15. The SMILES string of the molecule is CC/C=C\C/C=C\C/C=C\C/C=C\CCCCCCCCCCCCC(=O)OC(/C=C\C/C=C\CCCCCC)CCCCCCC(=O)O. The van der Waals surface area contributed by atoms with Gasteiger partial charge in [0.05, 0.1) is 0 Å². The number of hydrogen-bond donors (Lipinski definition) is 1. The summed E-state index contributed by atoms with van der Waals surface area (Å²) in [6.45, 7) is 4.40. The van der Waals surface area contributed by atoms with Gasteiger partial charge in [0.15, 0.2) is 0 Å². The highest BCUT2D eigenvalue weighted by atomic mass is 16.5. The van der Waals surface area contributed by atoms with E-state index in [0.717, 1.165) is 77.0 Å². The third-order valence-corrected chi connectivity index (χ3v) is 8.65. The molecule has 0 aliphatic carbocycles. The molecule has 0 heterocycles. The van der Waals surface area contributed by atoms with Crippen molar-refractivity contribution in [3.63, 3.8) is 0 Å². The van der Waals surface area contributed by atoms with Crippen molar-refractivity contribution in [2.24, 2.45) is 0 Å². The minimum Gasteiger partial charge on any atom is -0.481 e. The summed E-state index contributed by atoms with van der Waals surface area (Å²) in [5.41, 5.74) is 0. The van der Waals surface area contributed by atoms with E-state index in [4.69, 9.17) is 9.84 Å². The van der Waals surface area contributed by atoms with Gasteiger partial charge in [0.2, 0.25) is 0 Å². The lowest BCUT2D eigenvalue weighted by atomic mass is 10.0. The molecule has 0 fully saturated rings. The predicted molar refractivity (Wildman–Crippen MR) is 213 cm³/mol. The number of allylic oxidation sites excluding steroid dienone is 11. The zero-order valence-electron chi connectivity index (χ0n) is 32.0. The van der Waals surface area contributed by atoms with Gasteiger partial charge in [-0.3, -0.25) is 9.59 Å². The summed E-state index contributed by atoms with van der Waals surface area (Å²) in [6, 6.07) is 0. The molecule has 0 aromatic carbocycles. The molecular formula is C45H76O4. The van der Waals surface area contributed by atoms with Gasteiger partial charge in [-0.1, -0.05) is 164 Å². The first-order valence-corrected chi connectivity index (χ1v) is 20.4. The molecule has 0 spiro atoms. The predicted octanol–water partition coefficient (Wildman–Crippen LogP) is 14.3. The van der Waals surface area contributed by atoms with E-state index in [1.807, 2.05) is 0 Å². The van der Waals surface area contributed by atoms with Crippen LogP contribution in [0.25, 0.3) is 0 Å². The number of aliphatic carboxylic acids is 1. The van der Waals surface area contributed by atoms with Crippen molar-refractivity contribution in [3.05, 3.63) is 72.9 Å². The Morgan fingerprint density at radius 3 is 1.45 bits per heavy atom. The number of carbonyl (C=O) groups is 2. The molecule has 49 heavy (non-hydrogen) atoms. The van der Waals surface area contributed by atoms with Crippen LogP contribution in [0.2, 0.25) is 0 Å². The van der Waals surface area contributed by atoms with E-state index >= 15 is 0 Å². The maximum absolute atomic E-state index is 12.6. The lowest BCUT2D eigenvalue weighted by Crippen LogP contribution is -2.16. The van der Waals surface area contributed by atoms with Crippen molar-refractivity contribution < 1.29 is 19.4 Å². The van der Waals surface area contributed by atoms with Crippen molar-refractivity contribution in [2.75, 3.05) is 0 Å². The quantitative estimate of drug-likeness (QED) is 0.0406. The molecule has 0 aromatic rings. The molecule has 0 aromatic heterocycles. The van der Waals surface area contributed by atoms with Crippen molar-refractivity contribution in [1.82, 2.24) is 0 Å². The van der Waals surface area contributed by atoms with Crippen molar-refractivity contribution in [2.45, 2.75) is 200 Å². The van der Waals surface area contributed by atoms with Gasteiger partial charge in [-0.2, -0.15) is 0 Å². The Labute approximate surface area is 303 Å². The maximum Gasteiger partial charge on any atom is 0.306 e. The summed E-state index contributed by atoms with van der Waals surface area (Å²) >= 11 is 0. The molecule has 0 rings (SSSR count). The number of carbonyl (C=O) groups excluding carboxylic acids is 1. The second kappa shape index (κ2) is 39.8. The van der Waals surface area contributed by atoms with Gasteiger partial charge in [0.25, 0.3) is 0 Å². The summed E-state index contributed by atoms with van der Waals surface area (Å²) in [6.07, 6.45) is 56.6. The molecule has 1 N–H and O–H groups in total. The molecule has 4 heteroatoms. The van der Waals surface area contributed by atoms with E-state index in [2.05, 4.69) is 86.8 Å². The van der Waals surface area contributed by atoms with Crippen molar-refractivity contribution in [1.29, 1.82) is 0 Å². The Balaban J connectivity index is 3.93. The fourth-order valence-corrected chi connectivity index (χ4v) is 5.65. The fraction of sp³-hybridized carbons (Fsp3) is 0.689. The highest BCUT2D eigenvalue weighted by Gasteiger charge is 2.11. The zero-order chi connectivity index (χ0) is 35.7. The number of hydrogen-bond acceptors (Lipinski definition) is 3. The first kappa shape index (κ1) is 46.4. The lowest BCUT2D eigenvalue weighted by Gasteiger charge is -2.14. The van der Waals surface area contributed by atoms with Gasteiger partial charge in [-0.15, -0.1) is 0 Å². The molecule has 0 aliphatic rings. The molecule has 280 valence electrons. The van der Waals surface area contributed by atoms with Gasteiger partial charge in [0.1, 0.15) is 6.10 Å². The Morgan fingerprint density at radius 2 is 0.918 bits per heavy atom. The Hall–Kier alpha value is -2.62. The van der Waals surface area contributed by atoms with Crippen LogP contribution in [0.5, 0.6) is 0 Å². The van der Waals surface area contributed by atoms with Gasteiger partial charge >= 0.3 is 11.9 Å². The molecule has 0 aliphatic heterocycles. The molecule has 0 bridgehead atoms. The Bertz CT molecular complexity index is 907. The third-order valence-electron chi connectivity index (χ3n) is 8.65. The molecule has 4 nitrogen and oxygen atoms in total. The number of carboxylic acid groups (broad SMARTS) is 1. The van der Waals surface area contributed by atoms with Crippen LogP contribution in [0.15, 0.2) is 72.9 Å². The number of esters is 1. The van der Waals surface area contributed by atoms with Crippen molar-refractivity contribution in [3.8, 4) is 0 Å². The van der Waals surface area contributed by atoms with Gasteiger partial charge in [0, 0.05) is 12.8 Å². The monoisotopic (exact) mass is 681 g/mol. The average molecular weight is 681 g/mol. The first-order valence-electron chi connectivity index (χ1n) is 20.4. The van der Waals surface area contributed by atoms with E-state index in [1.54, 1.807) is 0 Å². The normalized spacial score (nSPS) is 13.0. The zero-order valence-corrected chi connectivity index (χ0v) is 32.0. The maximum atomic E-state index is 12.6. The van der Waals surface area contributed by atoms with Crippen LogP contribution in [0, 0.1) is 0 Å². The van der Waals surface area contributed by atoms with Crippen molar-refractivity contribution >= 4 is 11.9 Å². The molecule has 0 saturated carbocycles. The Kier molecular flexibility index (Phi) is 37.7. The summed E-state index contributed by atoms with van der Waals surface area (Å²) in [4.78, 5) is 23.3. The summed E-state index contributed by atoms with van der Waals surface area (Å²) in [5, 5.41) is 8.83. The second-order valence-corrected chi connectivity index (χ2v) is 13.4. The standard InChI is InChI=1S/C45H76O4/c1-3-5-7-9-11-13-14-15-16-17-18-19-20-21-22-23-24-25-26-28-30-32-38-42-45(48)49-43(40-36-33-34-37-41-44(46)47)39-35-31-29-27-12-10-8-6-4-2/h5,7,11,13,15-16,18-19,27,29,35,39,43H,3-4,6,8-10,12,14,17,20-26,28,30-34,36-38,40-42H2,1-2H3,(H,46,47)/b7-5-,13-11-,16-15-,19-18-,29-27-,39-35-. The molecule has 0 saturated heterocycles. The van der Waals surface area contributed by atoms with Crippen LogP contribution < -0.4 is 0 Å². The van der Waals surface area contributed by atoms with Crippen LogP contribution in [0.3, 0.4) is 0 Å². The lowest BCUT2D eigenvalue weighted by molar-refractivity contribution is -0.147. The average Bonchev–Trinajstić information content (AvgIpc) is 3.09. The van der Waals surface area contributed by atoms with Gasteiger partial charge < -0.3 is 9.84 Å². The number of rotatable bonds is 36. The smallest absolute Gasteiger partial charge is 0.306 e. The molecule has 1 atom stereocenters. The van der Waals surface area contributed by atoms with Gasteiger partial charge in [-0.25, -0.2) is 0 Å². The van der Waals surface area contributed by atoms with E-state index in [1.165, 1.54) is 83.5 Å². The summed E-state index contributed by atoms with van der Waals surface area (Å²) in [7, 11) is 0. The Morgan fingerprint density at radius 1 is 0.490 bits per heavy atom. The molecule has 0 radical (unpaired) electrons. The molecule has 0 amide bonds. The topological polar surface area (TPSA) is 63.6 Å². The summed E-state index contributed by atoms with van der Waals surface area (Å²) in [5.74, 6) is -0.815. The summed E-state index contributed by atoms with van der Waals surface area (Å²) < 4.78 is 5.86. The number of carboxylic acids is 1. The fourth-order valence-electron chi connectivity index (χ4n) is 5.65. The van der Waals surface area contributed by atoms with E-state index in [0.29, 0.717) is 12.8 Å². The third kappa shape index (κ3) is 39.7.